The van der Waals surface area contributed by atoms with Gasteiger partial charge in [-0.15, -0.1) is 0 Å². The lowest BCUT2D eigenvalue weighted by Gasteiger charge is -2.22. The van der Waals surface area contributed by atoms with E-state index >= 15 is 0 Å². The van der Waals surface area contributed by atoms with Crippen molar-refractivity contribution < 1.29 is 24.6 Å². The second-order valence-corrected chi connectivity index (χ2v) is 6.33. The molecule has 150 valence electrons. The standard InChI is InChI=1S/C15H30N6O5/c1-8(2)6-9(16)12(23)21-11(7-22)13(24)20-10(14(25)26)4-3-5-19-15(17)18/h8-11,22H,3-7,16H2,1-2H3,(H,20,24)(H,21,23)(H,25,26)(H4,17,18,19)/t9-,10-,11-/m0/s1. The van der Waals surface area contributed by atoms with Gasteiger partial charge in [0.15, 0.2) is 5.96 Å². The van der Waals surface area contributed by atoms with Crippen molar-refractivity contribution in [3.05, 3.63) is 0 Å². The fourth-order valence-electron chi connectivity index (χ4n) is 2.12. The number of carboxylic acid groups (broad SMARTS) is 1. The van der Waals surface area contributed by atoms with Gasteiger partial charge >= 0.3 is 5.97 Å². The van der Waals surface area contributed by atoms with Gasteiger partial charge in [0.1, 0.15) is 12.1 Å². The molecule has 0 aromatic heterocycles. The van der Waals surface area contributed by atoms with Gasteiger partial charge in [-0.2, -0.15) is 0 Å². The topological polar surface area (TPSA) is 206 Å². The van der Waals surface area contributed by atoms with E-state index < -0.39 is 42.5 Å². The Morgan fingerprint density at radius 1 is 1.08 bits per heavy atom. The first kappa shape index (κ1) is 23.6. The maximum atomic E-state index is 12.2. The smallest absolute Gasteiger partial charge is 0.326 e. The molecule has 10 N–H and O–H groups in total. The maximum Gasteiger partial charge on any atom is 0.326 e. The van der Waals surface area contributed by atoms with Crippen molar-refractivity contribution in [2.75, 3.05) is 13.2 Å². The van der Waals surface area contributed by atoms with Gasteiger partial charge < -0.3 is 38.0 Å². The Bertz CT molecular complexity index is 507. The number of nitrogens with two attached hydrogens (primary N) is 3. The van der Waals surface area contributed by atoms with E-state index in [1.807, 2.05) is 13.8 Å². The first-order valence-electron chi connectivity index (χ1n) is 8.33. The number of carbonyl (C=O) groups excluding carboxylic acids is 2. The van der Waals surface area contributed by atoms with E-state index in [1.165, 1.54) is 0 Å². The number of carbonyl (C=O) groups is 3. The fraction of sp³-hybridized carbons (Fsp3) is 0.733. The van der Waals surface area contributed by atoms with Gasteiger partial charge in [0, 0.05) is 6.54 Å². The Balaban J connectivity index is 4.69. The highest BCUT2D eigenvalue weighted by Gasteiger charge is 2.27. The predicted molar refractivity (Wildman–Crippen MR) is 95.9 cm³/mol. The quantitative estimate of drug-likeness (QED) is 0.110. The highest BCUT2D eigenvalue weighted by atomic mass is 16.4. The lowest BCUT2D eigenvalue weighted by Crippen LogP contribution is -2.56. The van der Waals surface area contributed by atoms with Crippen LogP contribution in [0.4, 0.5) is 0 Å². The summed E-state index contributed by atoms with van der Waals surface area (Å²) >= 11 is 0. The lowest BCUT2D eigenvalue weighted by atomic mass is 10.0. The summed E-state index contributed by atoms with van der Waals surface area (Å²) in [6.45, 7) is 3.31. The largest absolute Gasteiger partial charge is 0.480 e. The molecule has 0 rings (SSSR count). The number of nitrogens with zero attached hydrogens (tertiary/aromatic N) is 1. The van der Waals surface area contributed by atoms with Crippen molar-refractivity contribution in [3.8, 4) is 0 Å². The number of aliphatic imine (C=N–C) groups is 1. The molecule has 0 aromatic carbocycles. The molecule has 0 saturated heterocycles. The first-order chi connectivity index (χ1) is 12.1. The molecule has 11 nitrogen and oxygen atoms in total. The summed E-state index contributed by atoms with van der Waals surface area (Å²) in [6, 6.07) is -3.32. The van der Waals surface area contributed by atoms with Crippen LogP contribution in [0.15, 0.2) is 4.99 Å². The zero-order valence-corrected chi connectivity index (χ0v) is 15.1. The third kappa shape index (κ3) is 9.79. The van der Waals surface area contributed by atoms with Crippen LogP contribution in [0, 0.1) is 5.92 Å². The van der Waals surface area contributed by atoms with E-state index in [2.05, 4.69) is 15.6 Å². The van der Waals surface area contributed by atoms with Crippen LogP contribution in [0.1, 0.15) is 33.1 Å². The number of hydrogen-bond donors (Lipinski definition) is 7. The van der Waals surface area contributed by atoms with E-state index in [4.69, 9.17) is 17.2 Å². The Hall–Kier alpha value is -2.40. The summed E-state index contributed by atoms with van der Waals surface area (Å²) in [7, 11) is 0. The Labute approximate surface area is 152 Å². The number of rotatable bonds is 12. The van der Waals surface area contributed by atoms with Crippen LogP contribution in [0.25, 0.3) is 0 Å². The van der Waals surface area contributed by atoms with E-state index in [0.29, 0.717) is 12.8 Å². The molecule has 2 amide bonds. The molecule has 0 unspecified atom stereocenters. The average Bonchev–Trinajstić information content (AvgIpc) is 2.53. The number of aliphatic hydroxyl groups is 1. The summed E-state index contributed by atoms with van der Waals surface area (Å²) in [4.78, 5) is 39.1. The Morgan fingerprint density at radius 3 is 2.12 bits per heavy atom. The van der Waals surface area contributed by atoms with E-state index in [0.717, 1.165) is 0 Å². The minimum Gasteiger partial charge on any atom is -0.480 e. The number of nitrogens with one attached hydrogen (secondary N) is 2. The van der Waals surface area contributed by atoms with Crippen LogP contribution in [-0.2, 0) is 14.4 Å². The van der Waals surface area contributed by atoms with Gasteiger partial charge in [0.2, 0.25) is 11.8 Å². The van der Waals surface area contributed by atoms with Crippen LogP contribution in [0.5, 0.6) is 0 Å². The molecule has 0 aliphatic heterocycles. The number of guanidine groups is 1. The van der Waals surface area contributed by atoms with Crippen molar-refractivity contribution in [1.29, 1.82) is 0 Å². The molecular weight excluding hydrogens is 344 g/mol. The summed E-state index contributed by atoms with van der Waals surface area (Å²) in [5, 5.41) is 23.1. The number of hydrogen-bond acceptors (Lipinski definition) is 6. The third-order valence-corrected chi connectivity index (χ3v) is 3.44. The van der Waals surface area contributed by atoms with Crippen molar-refractivity contribution in [1.82, 2.24) is 10.6 Å². The summed E-state index contributed by atoms with van der Waals surface area (Å²) in [6.07, 6.45) is 0.815. The summed E-state index contributed by atoms with van der Waals surface area (Å²) in [5.74, 6) is -2.58. The van der Waals surface area contributed by atoms with Gasteiger partial charge in [0.05, 0.1) is 12.6 Å². The highest BCUT2D eigenvalue weighted by Crippen LogP contribution is 2.03. The number of amides is 2. The van der Waals surface area contributed by atoms with E-state index in [9.17, 15) is 24.6 Å². The second-order valence-electron chi connectivity index (χ2n) is 6.33. The zero-order valence-electron chi connectivity index (χ0n) is 15.1. The minimum atomic E-state index is -1.29. The molecule has 0 aromatic rings. The second kappa shape index (κ2) is 12.0. The summed E-state index contributed by atoms with van der Waals surface area (Å²) in [5.41, 5.74) is 16.1. The van der Waals surface area contributed by atoms with Crippen LogP contribution in [-0.4, -0.2) is 65.2 Å². The molecule has 0 fully saturated rings. The monoisotopic (exact) mass is 374 g/mol. The molecule has 11 heteroatoms. The van der Waals surface area contributed by atoms with Gasteiger partial charge in [-0.3, -0.25) is 14.6 Å². The Kier molecular flexibility index (Phi) is 10.9. The van der Waals surface area contributed by atoms with Crippen LogP contribution in [0.2, 0.25) is 0 Å². The predicted octanol–water partition coefficient (Wildman–Crippen LogP) is -2.54. The fourth-order valence-corrected chi connectivity index (χ4v) is 2.12. The van der Waals surface area contributed by atoms with Crippen molar-refractivity contribution in [2.24, 2.45) is 28.1 Å². The molecule has 3 atom stereocenters. The molecule has 0 spiro atoms. The van der Waals surface area contributed by atoms with Gasteiger partial charge in [0.25, 0.3) is 0 Å². The molecule has 0 heterocycles. The van der Waals surface area contributed by atoms with Gasteiger partial charge in [-0.25, -0.2) is 4.79 Å². The van der Waals surface area contributed by atoms with Crippen molar-refractivity contribution >= 4 is 23.7 Å². The SMILES string of the molecule is CC(C)C[C@H](N)C(=O)N[C@@H](CO)C(=O)N[C@@H](CCCN=C(N)N)C(=O)O. The van der Waals surface area contributed by atoms with Gasteiger partial charge in [-0.05, 0) is 25.2 Å². The van der Waals surface area contributed by atoms with Crippen molar-refractivity contribution in [3.63, 3.8) is 0 Å². The van der Waals surface area contributed by atoms with E-state index in [1.54, 1.807) is 0 Å². The van der Waals surface area contributed by atoms with Gasteiger partial charge in [-0.1, -0.05) is 13.8 Å². The minimum absolute atomic E-state index is 0.0802. The molecule has 0 radical (unpaired) electrons. The van der Waals surface area contributed by atoms with Crippen LogP contribution < -0.4 is 27.8 Å². The maximum absolute atomic E-state index is 12.2. The molecule has 0 aliphatic carbocycles. The first-order valence-corrected chi connectivity index (χ1v) is 8.33. The van der Waals surface area contributed by atoms with E-state index in [-0.39, 0.29) is 24.8 Å². The Morgan fingerprint density at radius 2 is 1.65 bits per heavy atom. The summed E-state index contributed by atoms with van der Waals surface area (Å²) < 4.78 is 0. The van der Waals surface area contributed by atoms with Crippen molar-refractivity contribution in [2.45, 2.75) is 51.2 Å². The lowest BCUT2D eigenvalue weighted by molar-refractivity contribution is -0.142. The highest BCUT2D eigenvalue weighted by molar-refractivity contribution is 5.91. The van der Waals surface area contributed by atoms with Crippen LogP contribution in [0.3, 0.4) is 0 Å². The molecule has 26 heavy (non-hydrogen) atoms. The normalized spacial score (nSPS) is 14.2. The molecular formula is C15H30N6O5. The molecule has 0 bridgehead atoms. The van der Waals surface area contributed by atoms with Crippen LogP contribution >= 0.6 is 0 Å². The number of aliphatic carboxylic acids is 1. The molecule has 0 aliphatic rings. The number of aliphatic hydroxyl groups excluding tert-OH is 1. The third-order valence-electron chi connectivity index (χ3n) is 3.44. The number of carboxylic acids is 1. The zero-order chi connectivity index (χ0) is 20.3. The molecule has 0 saturated carbocycles. The average molecular weight is 374 g/mol.